The highest BCUT2D eigenvalue weighted by Crippen LogP contribution is 2.29. The van der Waals surface area contributed by atoms with Crippen molar-refractivity contribution in [1.29, 1.82) is 0 Å². The van der Waals surface area contributed by atoms with Crippen molar-refractivity contribution in [2.45, 2.75) is 6.42 Å². The Morgan fingerprint density at radius 2 is 1.70 bits per heavy atom. The molecule has 0 radical (unpaired) electrons. The Hall–Kier alpha value is -4.17. The zero-order valence-corrected chi connectivity index (χ0v) is 17.9. The highest BCUT2D eigenvalue weighted by Gasteiger charge is 2.35. The van der Waals surface area contributed by atoms with Crippen molar-refractivity contribution < 1.29 is 14.7 Å². The van der Waals surface area contributed by atoms with Gasteiger partial charge in [0.1, 0.15) is 5.69 Å². The van der Waals surface area contributed by atoms with Crippen LogP contribution in [0.3, 0.4) is 0 Å². The first kappa shape index (κ1) is 20.7. The molecule has 1 N–H and O–H groups in total. The van der Waals surface area contributed by atoms with Crippen molar-refractivity contribution in [3.63, 3.8) is 0 Å². The number of carbonyl (C=O) groups is 2. The number of nitrogens with zero attached hydrogens (tertiary/aromatic N) is 4. The average molecular weight is 461 g/mol. The number of benzene rings is 2. The molecule has 0 atom stereocenters. The summed E-state index contributed by atoms with van der Waals surface area (Å²) in [5.74, 6) is -1.55. The van der Waals surface area contributed by atoms with E-state index in [1.165, 1.54) is 15.3 Å². The first-order valence-electron chi connectivity index (χ1n) is 10.1. The van der Waals surface area contributed by atoms with Crippen LogP contribution in [0.2, 0.25) is 5.02 Å². The second kappa shape index (κ2) is 8.07. The van der Waals surface area contributed by atoms with E-state index in [0.29, 0.717) is 40.6 Å². The van der Waals surface area contributed by atoms with Gasteiger partial charge in [-0.1, -0.05) is 23.7 Å². The number of carboxylic acid groups (broad SMARTS) is 1. The Balaban J connectivity index is 1.55. The number of fused-ring (bicyclic) bond motifs is 1. The van der Waals surface area contributed by atoms with Gasteiger partial charge in [0.2, 0.25) is 0 Å². The third-order valence-corrected chi connectivity index (χ3v) is 5.77. The number of aromatic carboxylic acids is 1. The van der Waals surface area contributed by atoms with Crippen molar-refractivity contribution in [1.82, 2.24) is 14.3 Å². The quantitative estimate of drug-likeness (QED) is 0.502. The van der Waals surface area contributed by atoms with Gasteiger partial charge >= 0.3 is 5.97 Å². The van der Waals surface area contributed by atoms with Crippen molar-refractivity contribution >= 4 is 29.2 Å². The van der Waals surface area contributed by atoms with E-state index in [9.17, 15) is 19.5 Å². The lowest BCUT2D eigenvalue weighted by Gasteiger charge is -2.28. The molecule has 1 aliphatic rings. The second-order valence-electron chi connectivity index (χ2n) is 7.50. The van der Waals surface area contributed by atoms with Crippen molar-refractivity contribution in [3.8, 4) is 11.4 Å². The van der Waals surface area contributed by atoms with Gasteiger partial charge in [-0.2, -0.15) is 5.10 Å². The molecule has 4 aromatic rings. The molecule has 0 fully saturated rings. The summed E-state index contributed by atoms with van der Waals surface area (Å²) in [6.07, 6.45) is 2.01. The Labute approximate surface area is 192 Å². The molecule has 33 heavy (non-hydrogen) atoms. The third kappa shape index (κ3) is 3.60. The maximum absolute atomic E-state index is 13.5. The molecule has 2 aromatic heterocycles. The standard InChI is InChI=1S/C24H17ClN4O4/c25-15-4-3-5-18(14-15)29-22-19(21(26-29)24(32)33)11-13-28(23(22)31)17-9-7-16(8-10-17)27-12-2-1-6-20(27)30/h1-10,12,14H,11,13H2,(H,32,33). The maximum Gasteiger partial charge on any atom is 0.356 e. The number of rotatable bonds is 4. The number of anilines is 1. The van der Waals surface area contributed by atoms with E-state index >= 15 is 0 Å². The van der Waals surface area contributed by atoms with E-state index in [-0.39, 0.29) is 22.9 Å². The van der Waals surface area contributed by atoms with Crippen LogP contribution in [0.1, 0.15) is 26.5 Å². The molecule has 3 heterocycles. The van der Waals surface area contributed by atoms with Crippen molar-refractivity contribution in [2.24, 2.45) is 0 Å². The maximum atomic E-state index is 13.5. The highest BCUT2D eigenvalue weighted by atomic mass is 35.5. The summed E-state index contributed by atoms with van der Waals surface area (Å²) in [4.78, 5) is 39.0. The number of carboxylic acids is 1. The van der Waals surface area contributed by atoms with Crippen LogP contribution in [0.4, 0.5) is 5.69 Å². The Kier molecular flexibility index (Phi) is 5.07. The van der Waals surface area contributed by atoms with Crippen LogP contribution in [0, 0.1) is 0 Å². The van der Waals surface area contributed by atoms with Gasteiger partial charge in [-0.05, 0) is 55.0 Å². The molecule has 1 amide bonds. The lowest BCUT2D eigenvalue weighted by Crippen LogP contribution is -2.39. The Bertz CT molecular complexity index is 1460. The van der Waals surface area contributed by atoms with Crippen LogP contribution in [0.15, 0.2) is 77.7 Å². The smallest absolute Gasteiger partial charge is 0.356 e. The zero-order valence-electron chi connectivity index (χ0n) is 17.2. The SMILES string of the molecule is O=C(O)c1nn(-c2cccc(Cl)c2)c2c1CCN(c1ccc(-n3ccccc3=O)cc1)C2=O. The van der Waals surface area contributed by atoms with Crippen LogP contribution in [0.25, 0.3) is 11.4 Å². The molecule has 8 nitrogen and oxygen atoms in total. The lowest BCUT2D eigenvalue weighted by molar-refractivity contribution is 0.0688. The fraction of sp³-hybridized carbons (Fsp3) is 0.0833. The minimum atomic E-state index is -1.19. The molecule has 0 saturated heterocycles. The molecule has 164 valence electrons. The number of hydrogen-bond acceptors (Lipinski definition) is 4. The zero-order chi connectivity index (χ0) is 23.1. The molecule has 0 unspecified atom stereocenters. The molecule has 1 aliphatic heterocycles. The van der Waals surface area contributed by atoms with Crippen molar-refractivity contribution in [2.75, 3.05) is 11.4 Å². The molecular weight excluding hydrogens is 444 g/mol. The molecule has 0 aliphatic carbocycles. The molecule has 9 heteroatoms. The summed E-state index contributed by atoms with van der Waals surface area (Å²) in [6, 6.07) is 18.7. The normalized spacial score (nSPS) is 13.1. The average Bonchev–Trinajstić information content (AvgIpc) is 3.21. The van der Waals surface area contributed by atoms with E-state index in [2.05, 4.69) is 5.10 Å². The van der Waals surface area contributed by atoms with Crippen LogP contribution >= 0.6 is 11.6 Å². The van der Waals surface area contributed by atoms with Gasteiger partial charge in [-0.15, -0.1) is 0 Å². The molecule has 0 spiro atoms. The number of amides is 1. The van der Waals surface area contributed by atoms with E-state index in [0.717, 1.165) is 0 Å². The molecule has 0 saturated carbocycles. The third-order valence-electron chi connectivity index (χ3n) is 5.53. The van der Waals surface area contributed by atoms with Gasteiger partial charge < -0.3 is 10.0 Å². The summed E-state index contributed by atoms with van der Waals surface area (Å²) in [6.45, 7) is 0.304. The largest absolute Gasteiger partial charge is 0.476 e. The predicted molar refractivity (Wildman–Crippen MR) is 123 cm³/mol. The van der Waals surface area contributed by atoms with Gasteiger partial charge in [-0.3, -0.25) is 14.2 Å². The predicted octanol–water partition coefficient (Wildman–Crippen LogP) is 3.58. The van der Waals surface area contributed by atoms with Crippen LogP contribution in [-0.2, 0) is 6.42 Å². The van der Waals surface area contributed by atoms with Crippen molar-refractivity contribution in [3.05, 3.63) is 105 Å². The summed E-state index contributed by atoms with van der Waals surface area (Å²) in [5, 5.41) is 14.3. The van der Waals surface area contributed by atoms with Gasteiger partial charge in [0, 0.05) is 40.8 Å². The van der Waals surface area contributed by atoms with Crippen LogP contribution < -0.4 is 10.5 Å². The van der Waals surface area contributed by atoms with E-state index in [4.69, 9.17) is 11.6 Å². The number of carbonyl (C=O) groups excluding carboxylic acids is 1. The Morgan fingerprint density at radius 1 is 0.939 bits per heavy atom. The number of hydrogen-bond donors (Lipinski definition) is 1. The summed E-state index contributed by atoms with van der Waals surface area (Å²) >= 11 is 6.11. The minimum absolute atomic E-state index is 0.142. The molecule has 0 bridgehead atoms. The summed E-state index contributed by atoms with van der Waals surface area (Å²) in [7, 11) is 0. The minimum Gasteiger partial charge on any atom is -0.476 e. The van der Waals surface area contributed by atoms with E-state index in [1.54, 1.807) is 71.8 Å². The van der Waals surface area contributed by atoms with Gasteiger partial charge in [0.25, 0.3) is 11.5 Å². The van der Waals surface area contributed by atoms with Crippen LogP contribution in [-0.4, -0.2) is 37.9 Å². The number of halogens is 1. The second-order valence-corrected chi connectivity index (χ2v) is 7.94. The first-order chi connectivity index (χ1) is 15.9. The highest BCUT2D eigenvalue weighted by molar-refractivity contribution is 6.30. The topological polar surface area (TPSA) is 97.4 Å². The molecule has 5 rings (SSSR count). The summed E-state index contributed by atoms with van der Waals surface area (Å²) in [5.41, 5.74) is 2.11. The fourth-order valence-electron chi connectivity index (χ4n) is 4.01. The number of pyridine rings is 1. The van der Waals surface area contributed by atoms with Gasteiger partial charge in [-0.25, -0.2) is 9.48 Å². The van der Waals surface area contributed by atoms with Gasteiger partial charge in [0.05, 0.1) is 5.69 Å². The van der Waals surface area contributed by atoms with E-state index < -0.39 is 5.97 Å². The summed E-state index contributed by atoms with van der Waals surface area (Å²) < 4.78 is 2.85. The van der Waals surface area contributed by atoms with E-state index in [1.807, 2.05) is 0 Å². The fourth-order valence-corrected chi connectivity index (χ4v) is 4.19. The van der Waals surface area contributed by atoms with Crippen LogP contribution in [0.5, 0.6) is 0 Å². The van der Waals surface area contributed by atoms with Gasteiger partial charge in [0.15, 0.2) is 5.69 Å². The molecular formula is C24H17ClN4O4. The first-order valence-corrected chi connectivity index (χ1v) is 10.5. The number of aromatic nitrogens is 3. The monoisotopic (exact) mass is 460 g/mol. The lowest BCUT2D eigenvalue weighted by atomic mass is 10.0. The Morgan fingerprint density at radius 3 is 2.39 bits per heavy atom. The molecule has 2 aromatic carbocycles.